The Bertz CT molecular complexity index is 703. The average molecular weight is 551 g/mol. The van der Waals surface area contributed by atoms with E-state index in [2.05, 4.69) is 72.4 Å². The highest BCUT2D eigenvalue weighted by Gasteiger charge is 2.42. The number of nitrogens with zero attached hydrogens (tertiary/aromatic N) is 1. The van der Waals surface area contributed by atoms with E-state index in [0.717, 1.165) is 29.3 Å². The lowest BCUT2D eigenvalue weighted by atomic mass is 9.89. The number of anilines is 1. The second-order valence-corrected chi connectivity index (χ2v) is 12.2. The predicted molar refractivity (Wildman–Crippen MR) is 119 cm³/mol. The summed E-state index contributed by atoms with van der Waals surface area (Å²) in [5.41, 5.74) is 1.43. The normalized spacial score (nSPS) is 15.8. The number of fused-ring (bicyclic) bond motifs is 1. The third-order valence-corrected chi connectivity index (χ3v) is 6.21. The molecule has 0 saturated carbocycles. The van der Waals surface area contributed by atoms with E-state index < -0.39 is 20.7 Å². The number of unbranched alkanes of at least 4 members (excludes halogenated alkanes) is 1. The Balaban J connectivity index is 2.25. The van der Waals surface area contributed by atoms with Crippen LogP contribution in [-0.2, 0) is 9.22 Å². The number of carbonyl (C=O) groups is 2. The highest BCUT2D eigenvalue weighted by molar-refractivity contribution is 14.1. The predicted octanol–water partition coefficient (Wildman–Crippen LogP) is 5.78. The summed E-state index contributed by atoms with van der Waals surface area (Å²) in [6, 6.07) is 3.76. The topological polar surface area (TPSA) is 46.6 Å². The Hall–Kier alpha value is -0.253. The molecule has 1 amide bonds. The molecule has 26 heavy (non-hydrogen) atoms. The average Bonchev–Trinajstić information content (AvgIpc) is 2.72. The van der Waals surface area contributed by atoms with E-state index in [9.17, 15) is 9.59 Å². The fourth-order valence-corrected chi connectivity index (χ4v) is 5.51. The molecule has 4 nitrogen and oxygen atoms in total. The Morgan fingerprint density at radius 2 is 1.88 bits per heavy atom. The van der Waals surface area contributed by atoms with Crippen LogP contribution in [0.1, 0.15) is 56.8 Å². The molecule has 1 unspecified atom stereocenters. The summed E-state index contributed by atoms with van der Waals surface area (Å²) in [5.74, 6) is -0.931. The molecule has 0 N–H and O–H groups in total. The summed E-state index contributed by atoms with van der Waals surface area (Å²) in [5, 5.41) is 0. The monoisotopic (exact) mass is 550 g/mol. The lowest BCUT2D eigenvalue weighted by molar-refractivity contribution is -0.115. The van der Waals surface area contributed by atoms with Crippen LogP contribution in [0.5, 0.6) is 0 Å². The van der Waals surface area contributed by atoms with Crippen molar-refractivity contribution >= 4 is 64.9 Å². The maximum absolute atomic E-state index is 12.7. The molecule has 1 heterocycles. The van der Waals surface area contributed by atoms with Crippen molar-refractivity contribution in [3.8, 4) is 0 Å². The molecule has 143 valence electrons. The van der Waals surface area contributed by atoms with Crippen LogP contribution in [0.25, 0.3) is 0 Å². The van der Waals surface area contributed by atoms with Gasteiger partial charge >= 0.3 is 5.91 Å². The van der Waals surface area contributed by atoms with Gasteiger partial charge in [0.25, 0.3) is 5.78 Å². The second kappa shape index (κ2) is 8.83. The lowest BCUT2D eigenvalue weighted by Crippen LogP contribution is -2.43. The smallest absolute Gasteiger partial charge is 0.301 e. The number of rotatable bonds is 7. The fourth-order valence-electron chi connectivity index (χ4n) is 3.07. The molecule has 1 atom stereocenters. The summed E-state index contributed by atoms with van der Waals surface area (Å²) in [7, 11) is -1.02. The van der Waals surface area contributed by atoms with Crippen molar-refractivity contribution in [2.45, 2.75) is 65.8 Å². The van der Waals surface area contributed by atoms with Gasteiger partial charge in [-0.1, -0.05) is 27.2 Å². The van der Waals surface area contributed by atoms with E-state index in [1.165, 1.54) is 0 Å². The molecule has 0 aromatic heterocycles. The molecule has 0 fully saturated rings. The van der Waals surface area contributed by atoms with Gasteiger partial charge in [-0.25, -0.2) is 0 Å². The van der Waals surface area contributed by atoms with Gasteiger partial charge in [-0.3, -0.25) is 14.5 Å². The third kappa shape index (κ3) is 5.39. The van der Waals surface area contributed by atoms with Crippen molar-refractivity contribution in [2.75, 3.05) is 4.90 Å². The minimum atomic E-state index is -1.02. The molecule has 0 saturated heterocycles. The van der Waals surface area contributed by atoms with Crippen LogP contribution in [0.2, 0.25) is 13.1 Å². The molecule has 1 aromatic rings. The number of ketones is 1. The van der Waals surface area contributed by atoms with Crippen molar-refractivity contribution in [2.24, 2.45) is 5.41 Å². The van der Waals surface area contributed by atoms with Crippen molar-refractivity contribution in [1.29, 1.82) is 0 Å². The van der Waals surface area contributed by atoms with Crippen molar-refractivity contribution in [1.82, 2.24) is 0 Å². The number of hydrogen-bond donors (Lipinski definition) is 0. The van der Waals surface area contributed by atoms with E-state index in [1.807, 2.05) is 12.1 Å². The molecule has 1 aliphatic heterocycles. The molecule has 2 rings (SSSR count). The summed E-state index contributed by atoms with van der Waals surface area (Å²) in [6.45, 7) is 10.8. The first-order valence-electron chi connectivity index (χ1n) is 8.85. The zero-order chi connectivity index (χ0) is 19.6. The molecule has 0 spiro atoms. The minimum absolute atomic E-state index is 0.299. The Kier molecular flexibility index (Phi) is 7.49. The SMILES string of the molecule is C[Si](C)OC(CCCCC(C)(C)C)N1C(=O)C(=O)c2c(Br)cc(I)cc21. The minimum Gasteiger partial charge on any atom is -0.397 e. The third-order valence-electron chi connectivity index (χ3n) is 4.22. The van der Waals surface area contributed by atoms with Gasteiger partial charge in [-0.2, -0.15) is 0 Å². The van der Waals surface area contributed by atoms with E-state index in [1.54, 1.807) is 4.90 Å². The number of Topliss-reactive ketones (excluding diaryl/α,β-unsaturated/α-hetero) is 1. The van der Waals surface area contributed by atoms with E-state index in [4.69, 9.17) is 4.43 Å². The highest BCUT2D eigenvalue weighted by atomic mass is 127. The number of halogens is 2. The molecular formula is C19H26BrINO3Si. The first kappa shape index (κ1) is 22.0. The lowest BCUT2D eigenvalue weighted by Gasteiger charge is -2.30. The van der Waals surface area contributed by atoms with Gasteiger partial charge < -0.3 is 4.43 Å². The molecule has 0 aliphatic carbocycles. The van der Waals surface area contributed by atoms with Crippen LogP contribution < -0.4 is 4.90 Å². The second-order valence-electron chi connectivity index (χ2n) is 8.07. The fraction of sp³-hybridized carbons (Fsp3) is 0.579. The molecule has 7 heteroatoms. The van der Waals surface area contributed by atoms with Gasteiger partial charge in [-0.05, 0) is 88.4 Å². The van der Waals surface area contributed by atoms with Crippen LogP contribution >= 0.6 is 38.5 Å². The maximum atomic E-state index is 12.7. The first-order chi connectivity index (χ1) is 12.0. The number of benzene rings is 1. The first-order valence-corrected chi connectivity index (χ1v) is 13.1. The van der Waals surface area contributed by atoms with Gasteiger partial charge in [0.15, 0.2) is 0 Å². The Morgan fingerprint density at radius 3 is 2.46 bits per heavy atom. The summed E-state index contributed by atoms with van der Waals surface area (Å²) in [4.78, 5) is 26.8. The van der Waals surface area contributed by atoms with Crippen LogP contribution in [0, 0.1) is 8.99 Å². The largest absolute Gasteiger partial charge is 0.397 e. The van der Waals surface area contributed by atoms with Gasteiger partial charge in [-0.15, -0.1) is 0 Å². The van der Waals surface area contributed by atoms with Gasteiger partial charge in [0, 0.05) is 8.04 Å². The van der Waals surface area contributed by atoms with E-state index >= 15 is 0 Å². The standard InChI is InChI=1S/C19H26BrINO3Si/c1-19(2,3)9-7-6-8-15(25-26(4)5)22-14-11-12(21)10-13(20)16(14)17(23)18(22)24/h10-11,15H,6-9H2,1-5H3. The zero-order valence-corrected chi connectivity index (χ0v) is 20.7. The number of carbonyl (C=O) groups excluding carboxylic acids is 2. The molecular weight excluding hydrogens is 525 g/mol. The summed E-state index contributed by atoms with van der Waals surface area (Å²) in [6.07, 6.45) is 3.55. The molecule has 1 aliphatic rings. The Labute approximate surface area is 180 Å². The highest BCUT2D eigenvalue weighted by Crippen LogP contribution is 2.38. The van der Waals surface area contributed by atoms with Crippen LogP contribution in [0.4, 0.5) is 5.69 Å². The Morgan fingerprint density at radius 1 is 1.23 bits per heavy atom. The zero-order valence-electron chi connectivity index (χ0n) is 16.0. The van der Waals surface area contributed by atoms with Gasteiger partial charge in [0.2, 0.25) is 9.04 Å². The molecule has 0 bridgehead atoms. The summed E-state index contributed by atoms with van der Waals surface area (Å²) >= 11 is 5.64. The molecule has 1 radical (unpaired) electrons. The van der Waals surface area contributed by atoms with E-state index in [-0.39, 0.29) is 6.23 Å². The van der Waals surface area contributed by atoms with Gasteiger partial charge in [0.1, 0.15) is 6.23 Å². The maximum Gasteiger partial charge on any atom is 0.301 e. The van der Waals surface area contributed by atoms with Gasteiger partial charge in [0.05, 0.1) is 11.3 Å². The van der Waals surface area contributed by atoms with E-state index in [0.29, 0.717) is 21.1 Å². The van der Waals surface area contributed by atoms with Crippen molar-refractivity contribution in [3.63, 3.8) is 0 Å². The number of hydrogen-bond acceptors (Lipinski definition) is 3. The quantitative estimate of drug-likeness (QED) is 0.187. The van der Waals surface area contributed by atoms with Crippen molar-refractivity contribution < 1.29 is 14.0 Å². The number of amides is 1. The van der Waals surface area contributed by atoms with Crippen LogP contribution in [0.3, 0.4) is 0 Å². The van der Waals surface area contributed by atoms with Crippen molar-refractivity contribution in [3.05, 3.63) is 25.7 Å². The van der Waals surface area contributed by atoms with Crippen LogP contribution in [-0.4, -0.2) is 27.0 Å². The molecule has 1 aromatic carbocycles. The summed E-state index contributed by atoms with van der Waals surface area (Å²) < 4.78 is 7.81. The van der Waals surface area contributed by atoms with Crippen LogP contribution in [0.15, 0.2) is 16.6 Å².